The molecule has 106 valence electrons. The third kappa shape index (κ3) is 4.06. The van der Waals surface area contributed by atoms with E-state index in [0.29, 0.717) is 5.92 Å². The maximum Gasteiger partial charge on any atom is 0.234 e. The lowest BCUT2D eigenvalue weighted by Crippen LogP contribution is -2.39. The summed E-state index contributed by atoms with van der Waals surface area (Å²) in [5, 5.41) is 14.3. The van der Waals surface area contributed by atoms with Crippen LogP contribution in [-0.2, 0) is 4.79 Å². The molecular formula is C15H18BrN3O. The van der Waals surface area contributed by atoms with Gasteiger partial charge in [0.15, 0.2) is 0 Å². The van der Waals surface area contributed by atoms with Crippen LogP contribution in [-0.4, -0.2) is 19.0 Å². The third-order valence-corrected chi connectivity index (χ3v) is 4.23. The number of benzene rings is 1. The second kappa shape index (κ2) is 7.41. The van der Waals surface area contributed by atoms with Crippen LogP contribution in [0.2, 0.25) is 0 Å². The second-order valence-corrected chi connectivity index (χ2v) is 5.95. The van der Waals surface area contributed by atoms with Gasteiger partial charge in [-0.15, -0.1) is 0 Å². The SMILES string of the molecule is N#CCNC(=O)CN[C@@H](c1ccc(Br)cc1)C1CCC1. The van der Waals surface area contributed by atoms with Gasteiger partial charge in [-0.3, -0.25) is 4.79 Å². The fraction of sp³-hybridized carbons (Fsp3) is 0.467. The molecule has 4 nitrogen and oxygen atoms in total. The first-order valence-corrected chi connectivity index (χ1v) is 7.62. The Hall–Kier alpha value is -1.38. The predicted molar refractivity (Wildman–Crippen MR) is 80.8 cm³/mol. The average Bonchev–Trinajstić information content (AvgIpc) is 2.40. The number of halogens is 1. The maximum atomic E-state index is 11.6. The van der Waals surface area contributed by atoms with E-state index < -0.39 is 0 Å². The highest BCUT2D eigenvalue weighted by molar-refractivity contribution is 9.10. The first kappa shape index (κ1) is 15.0. The molecule has 5 heteroatoms. The number of nitrogens with zero attached hydrogens (tertiary/aromatic N) is 1. The normalized spacial score (nSPS) is 16.0. The van der Waals surface area contributed by atoms with Crippen LogP contribution in [0.1, 0.15) is 30.9 Å². The summed E-state index contributed by atoms with van der Waals surface area (Å²) in [5.74, 6) is 0.466. The van der Waals surface area contributed by atoms with Crippen molar-refractivity contribution in [2.45, 2.75) is 25.3 Å². The van der Waals surface area contributed by atoms with Crippen molar-refractivity contribution in [1.82, 2.24) is 10.6 Å². The predicted octanol–water partition coefficient (Wildman–Crippen LogP) is 2.52. The molecule has 1 aliphatic rings. The van der Waals surface area contributed by atoms with Crippen molar-refractivity contribution in [3.05, 3.63) is 34.3 Å². The van der Waals surface area contributed by atoms with E-state index in [1.807, 2.05) is 18.2 Å². The van der Waals surface area contributed by atoms with Gasteiger partial charge in [0.2, 0.25) is 5.91 Å². The third-order valence-electron chi connectivity index (χ3n) is 3.70. The van der Waals surface area contributed by atoms with Crippen molar-refractivity contribution >= 4 is 21.8 Å². The largest absolute Gasteiger partial charge is 0.342 e. The molecule has 1 saturated carbocycles. The zero-order valence-corrected chi connectivity index (χ0v) is 12.8. The van der Waals surface area contributed by atoms with Gasteiger partial charge < -0.3 is 10.6 Å². The monoisotopic (exact) mass is 335 g/mol. The summed E-state index contributed by atoms with van der Waals surface area (Å²) in [4.78, 5) is 11.6. The van der Waals surface area contributed by atoms with E-state index in [2.05, 4.69) is 38.7 Å². The number of carbonyl (C=O) groups excluding carboxylic acids is 1. The smallest absolute Gasteiger partial charge is 0.234 e. The fourth-order valence-corrected chi connectivity index (χ4v) is 2.67. The van der Waals surface area contributed by atoms with Crippen molar-refractivity contribution < 1.29 is 4.79 Å². The number of rotatable bonds is 6. The average molecular weight is 336 g/mol. The molecule has 0 unspecified atom stereocenters. The minimum absolute atomic E-state index is 0.0624. The van der Waals surface area contributed by atoms with Crippen LogP contribution in [0.15, 0.2) is 28.7 Å². The molecule has 0 heterocycles. The number of nitrogens with one attached hydrogen (secondary N) is 2. The maximum absolute atomic E-state index is 11.6. The van der Waals surface area contributed by atoms with Crippen LogP contribution < -0.4 is 10.6 Å². The first-order valence-electron chi connectivity index (χ1n) is 6.83. The zero-order valence-electron chi connectivity index (χ0n) is 11.2. The summed E-state index contributed by atoms with van der Waals surface area (Å²) in [6.07, 6.45) is 3.67. The van der Waals surface area contributed by atoms with Crippen molar-refractivity contribution in [2.75, 3.05) is 13.1 Å². The summed E-state index contributed by atoms with van der Waals surface area (Å²) < 4.78 is 1.06. The van der Waals surface area contributed by atoms with Crippen molar-refractivity contribution in [3.8, 4) is 6.07 Å². The quantitative estimate of drug-likeness (QED) is 0.785. The number of hydrogen-bond donors (Lipinski definition) is 2. The first-order chi connectivity index (χ1) is 9.70. The van der Waals surface area contributed by atoms with Gasteiger partial charge >= 0.3 is 0 Å². The minimum atomic E-state index is -0.131. The Kier molecular flexibility index (Phi) is 5.57. The highest BCUT2D eigenvalue weighted by Gasteiger charge is 2.28. The summed E-state index contributed by atoms with van der Waals surface area (Å²) in [6.45, 7) is 0.311. The van der Waals surface area contributed by atoms with Crippen molar-refractivity contribution in [3.63, 3.8) is 0 Å². The lowest BCUT2D eigenvalue weighted by atomic mass is 9.77. The highest BCUT2D eigenvalue weighted by Crippen LogP contribution is 2.37. The van der Waals surface area contributed by atoms with Crippen molar-refractivity contribution in [2.24, 2.45) is 5.92 Å². The van der Waals surface area contributed by atoms with Gasteiger partial charge in [-0.05, 0) is 36.5 Å². The lowest BCUT2D eigenvalue weighted by molar-refractivity contribution is -0.120. The molecule has 1 aromatic carbocycles. The van der Waals surface area contributed by atoms with Crippen molar-refractivity contribution in [1.29, 1.82) is 5.26 Å². The molecule has 0 saturated heterocycles. The number of amides is 1. The molecule has 0 bridgehead atoms. The molecule has 0 aromatic heterocycles. The van der Waals surface area contributed by atoms with Gasteiger partial charge in [0.05, 0.1) is 12.6 Å². The van der Waals surface area contributed by atoms with Gasteiger partial charge in [0, 0.05) is 10.5 Å². The topological polar surface area (TPSA) is 64.9 Å². The van der Waals surface area contributed by atoms with E-state index in [0.717, 1.165) is 4.47 Å². The van der Waals surface area contributed by atoms with Crippen LogP contribution >= 0.6 is 15.9 Å². The summed E-state index contributed by atoms with van der Waals surface area (Å²) >= 11 is 3.44. The summed E-state index contributed by atoms with van der Waals surface area (Å²) in [7, 11) is 0. The van der Waals surface area contributed by atoms with Crippen LogP contribution in [0.4, 0.5) is 0 Å². The minimum Gasteiger partial charge on any atom is -0.342 e. The van der Waals surface area contributed by atoms with E-state index in [-0.39, 0.29) is 25.0 Å². The van der Waals surface area contributed by atoms with Crippen LogP contribution in [0.25, 0.3) is 0 Å². The standard InChI is InChI=1S/C15H18BrN3O/c16-13-6-4-12(5-7-13)15(11-2-1-3-11)19-10-14(20)18-9-8-17/h4-7,11,15,19H,1-3,9-10H2,(H,18,20)/t15-/m1/s1. The second-order valence-electron chi connectivity index (χ2n) is 5.04. The Morgan fingerprint density at radius 1 is 1.40 bits per heavy atom. The Morgan fingerprint density at radius 3 is 2.65 bits per heavy atom. The molecule has 1 amide bonds. The fourth-order valence-electron chi connectivity index (χ4n) is 2.40. The van der Waals surface area contributed by atoms with Gasteiger partial charge in [-0.25, -0.2) is 0 Å². The van der Waals surface area contributed by atoms with Crippen LogP contribution in [0.5, 0.6) is 0 Å². The lowest BCUT2D eigenvalue weighted by Gasteiger charge is -2.34. The molecule has 2 N–H and O–H groups in total. The molecule has 1 fully saturated rings. The van der Waals surface area contributed by atoms with E-state index in [9.17, 15) is 4.79 Å². The Morgan fingerprint density at radius 2 is 2.10 bits per heavy atom. The van der Waals surface area contributed by atoms with E-state index in [1.165, 1.54) is 24.8 Å². The summed E-state index contributed by atoms with van der Waals surface area (Å²) in [5.41, 5.74) is 1.21. The van der Waals surface area contributed by atoms with Gasteiger partial charge in [0.25, 0.3) is 0 Å². The molecular weight excluding hydrogens is 318 g/mol. The number of carbonyl (C=O) groups is 1. The molecule has 2 rings (SSSR count). The Balaban J connectivity index is 1.96. The summed E-state index contributed by atoms with van der Waals surface area (Å²) in [6, 6.07) is 10.4. The molecule has 0 aliphatic heterocycles. The van der Waals surface area contributed by atoms with E-state index in [4.69, 9.17) is 5.26 Å². The van der Waals surface area contributed by atoms with Crippen LogP contribution in [0.3, 0.4) is 0 Å². The van der Waals surface area contributed by atoms with Gasteiger partial charge in [-0.2, -0.15) is 5.26 Å². The number of hydrogen-bond acceptors (Lipinski definition) is 3. The Labute approximate surface area is 127 Å². The van der Waals surface area contributed by atoms with Gasteiger partial charge in [-0.1, -0.05) is 34.5 Å². The molecule has 20 heavy (non-hydrogen) atoms. The number of nitriles is 1. The van der Waals surface area contributed by atoms with Crippen LogP contribution in [0, 0.1) is 17.2 Å². The van der Waals surface area contributed by atoms with E-state index >= 15 is 0 Å². The zero-order chi connectivity index (χ0) is 14.4. The highest BCUT2D eigenvalue weighted by atomic mass is 79.9. The van der Waals surface area contributed by atoms with E-state index in [1.54, 1.807) is 0 Å². The molecule has 0 spiro atoms. The Bertz CT molecular complexity index is 491. The molecule has 1 aliphatic carbocycles. The molecule has 1 atom stereocenters. The van der Waals surface area contributed by atoms with Gasteiger partial charge in [0.1, 0.15) is 6.54 Å². The molecule has 0 radical (unpaired) electrons. The molecule has 1 aromatic rings.